The number of hydroxylamine groups is 1. The Bertz CT molecular complexity index is 385. The van der Waals surface area contributed by atoms with Crippen molar-refractivity contribution in [2.45, 2.75) is 18.6 Å². The summed E-state index contributed by atoms with van der Waals surface area (Å²) in [7, 11) is 0. The number of alkyl halides is 3. The van der Waals surface area contributed by atoms with Crippen LogP contribution in [0.4, 0.5) is 13.2 Å². The minimum absolute atomic E-state index is 0. The summed E-state index contributed by atoms with van der Waals surface area (Å²) < 4.78 is 31.7. The lowest BCUT2D eigenvalue weighted by Gasteiger charge is -2.05. The van der Waals surface area contributed by atoms with Gasteiger partial charge >= 0.3 is 12.1 Å². The molecule has 10 heteroatoms. The molecular weight excluding hydrogens is 291 g/mol. The smallest absolute Gasteiger partial charge is 0.475 e. The van der Waals surface area contributed by atoms with E-state index in [0.717, 1.165) is 18.6 Å². The zero-order chi connectivity index (χ0) is 13.6. The van der Waals surface area contributed by atoms with E-state index in [1.54, 1.807) is 12.4 Å². The zero-order valence-electron chi connectivity index (χ0n) is 9.42. The molecule has 6 nitrogen and oxygen atoms in total. The Hall–Kier alpha value is -1.45. The summed E-state index contributed by atoms with van der Waals surface area (Å²) >= 11 is 0. The van der Waals surface area contributed by atoms with Crippen molar-refractivity contribution in [3.05, 3.63) is 24.3 Å². The molecule has 1 aromatic heterocycles. The van der Waals surface area contributed by atoms with Crippen molar-refractivity contribution in [1.82, 2.24) is 15.4 Å². The summed E-state index contributed by atoms with van der Waals surface area (Å²) in [5.41, 5.74) is 3.98. The third kappa shape index (κ3) is 6.32. The van der Waals surface area contributed by atoms with E-state index in [-0.39, 0.29) is 18.4 Å². The molecule has 1 aliphatic rings. The molecule has 108 valence electrons. The molecule has 0 aromatic carbocycles. The molecule has 1 unspecified atom stereocenters. The van der Waals surface area contributed by atoms with E-state index in [9.17, 15) is 13.2 Å². The molecule has 0 aliphatic carbocycles. The average molecular weight is 302 g/mol. The standard InChI is InChI=1S/C7H9N3O.C2HF3O2.ClH/c1-2-11-10-7(1)6-3-8-5-9-4-6;3-2(4,5)1(6)7;/h3-5,7,10H,1-2H2;(H,6,7);1H. The van der Waals surface area contributed by atoms with Crippen molar-refractivity contribution < 1.29 is 27.9 Å². The number of rotatable bonds is 1. The highest BCUT2D eigenvalue weighted by molar-refractivity contribution is 5.85. The van der Waals surface area contributed by atoms with Gasteiger partial charge in [-0.2, -0.15) is 18.7 Å². The molecule has 2 heterocycles. The van der Waals surface area contributed by atoms with Crippen LogP contribution in [0.1, 0.15) is 18.0 Å². The van der Waals surface area contributed by atoms with Crippen LogP contribution in [0.15, 0.2) is 18.7 Å². The number of nitrogens with one attached hydrogen (secondary N) is 1. The van der Waals surface area contributed by atoms with Crippen molar-refractivity contribution in [3.8, 4) is 0 Å². The predicted octanol–water partition coefficient (Wildman–Crippen LogP) is 1.50. The van der Waals surface area contributed by atoms with E-state index < -0.39 is 12.1 Å². The molecule has 2 rings (SSSR count). The van der Waals surface area contributed by atoms with Crippen molar-refractivity contribution in [2.75, 3.05) is 6.61 Å². The van der Waals surface area contributed by atoms with Crippen molar-refractivity contribution in [3.63, 3.8) is 0 Å². The summed E-state index contributed by atoms with van der Waals surface area (Å²) in [5.74, 6) is -2.76. The fourth-order valence-electron chi connectivity index (χ4n) is 1.12. The Balaban J connectivity index is 0.000000360. The first kappa shape index (κ1) is 17.6. The Labute approximate surface area is 112 Å². The summed E-state index contributed by atoms with van der Waals surface area (Å²) in [5, 5.41) is 7.12. The van der Waals surface area contributed by atoms with Crippen molar-refractivity contribution >= 4 is 18.4 Å². The van der Waals surface area contributed by atoms with Gasteiger partial charge in [-0.25, -0.2) is 14.8 Å². The van der Waals surface area contributed by atoms with Crippen molar-refractivity contribution in [1.29, 1.82) is 0 Å². The molecule has 1 saturated heterocycles. The molecule has 0 saturated carbocycles. The number of halogens is 4. The van der Waals surface area contributed by atoms with E-state index in [2.05, 4.69) is 15.4 Å². The van der Waals surface area contributed by atoms with E-state index in [0.29, 0.717) is 0 Å². The first-order valence-corrected chi connectivity index (χ1v) is 4.83. The van der Waals surface area contributed by atoms with Crippen LogP contribution in [0.5, 0.6) is 0 Å². The van der Waals surface area contributed by atoms with Gasteiger partial charge in [-0.1, -0.05) is 0 Å². The number of hydrogen-bond donors (Lipinski definition) is 2. The first-order valence-electron chi connectivity index (χ1n) is 4.83. The molecule has 0 bridgehead atoms. The van der Waals surface area contributed by atoms with Crippen LogP contribution in [-0.2, 0) is 9.63 Å². The molecule has 1 aliphatic heterocycles. The second-order valence-electron chi connectivity index (χ2n) is 3.28. The highest BCUT2D eigenvalue weighted by Crippen LogP contribution is 2.18. The number of nitrogens with zero attached hydrogens (tertiary/aromatic N) is 2. The maximum Gasteiger partial charge on any atom is 0.490 e. The molecule has 0 amide bonds. The van der Waals surface area contributed by atoms with Gasteiger partial charge in [0.1, 0.15) is 6.33 Å². The van der Waals surface area contributed by atoms with Gasteiger partial charge in [0.2, 0.25) is 0 Å². The number of carboxylic acids is 1. The van der Waals surface area contributed by atoms with Crippen LogP contribution in [0.2, 0.25) is 0 Å². The van der Waals surface area contributed by atoms with Crippen LogP contribution in [0.3, 0.4) is 0 Å². The van der Waals surface area contributed by atoms with Gasteiger partial charge in [-0.05, 0) is 6.42 Å². The minimum Gasteiger partial charge on any atom is -0.475 e. The average Bonchev–Trinajstić information content (AvgIpc) is 2.83. The molecule has 2 N–H and O–H groups in total. The lowest BCUT2D eigenvalue weighted by Crippen LogP contribution is -2.21. The molecule has 1 atom stereocenters. The van der Waals surface area contributed by atoms with Gasteiger partial charge in [-0.3, -0.25) is 0 Å². The van der Waals surface area contributed by atoms with Crippen LogP contribution >= 0.6 is 12.4 Å². The van der Waals surface area contributed by atoms with Crippen LogP contribution < -0.4 is 5.48 Å². The quantitative estimate of drug-likeness (QED) is 0.818. The van der Waals surface area contributed by atoms with Crippen LogP contribution in [-0.4, -0.2) is 33.8 Å². The van der Waals surface area contributed by atoms with Gasteiger partial charge in [0.25, 0.3) is 0 Å². The SMILES string of the molecule is Cl.O=C(O)C(F)(F)F.c1ncc(C2CCON2)cn1. The molecule has 19 heavy (non-hydrogen) atoms. The van der Waals surface area contributed by atoms with E-state index in [1.807, 2.05) is 0 Å². The summed E-state index contributed by atoms with van der Waals surface area (Å²) in [4.78, 5) is 21.7. The minimum atomic E-state index is -5.08. The summed E-state index contributed by atoms with van der Waals surface area (Å²) in [6.07, 6.45) is 1.05. The second-order valence-corrected chi connectivity index (χ2v) is 3.28. The Kier molecular flexibility index (Phi) is 7.27. The lowest BCUT2D eigenvalue weighted by molar-refractivity contribution is -0.192. The molecule has 0 radical (unpaired) electrons. The maximum atomic E-state index is 10.6. The normalized spacial score (nSPS) is 17.9. The number of aliphatic carboxylic acids is 1. The third-order valence-electron chi connectivity index (χ3n) is 1.96. The number of carboxylic acid groups (broad SMARTS) is 1. The summed E-state index contributed by atoms with van der Waals surface area (Å²) in [6.45, 7) is 0.763. The largest absolute Gasteiger partial charge is 0.490 e. The highest BCUT2D eigenvalue weighted by atomic mass is 35.5. The lowest BCUT2D eigenvalue weighted by atomic mass is 10.1. The number of carbonyl (C=O) groups is 1. The van der Waals surface area contributed by atoms with Crippen molar-refractivity contribution in [2.24, 2.45) is 0 Å². The Morgan fingerprint density at radius 1 is 1.42 bits per heavy atom. The monoisotopic (exact) mass is 301 g/mol. The Morgan fingerprint density at radius 2 is 1.95 bits per heavy atom. The molecule has 0 spiro atoms. The number of hydrogen-bond acceptors (Lipinski definition) is 5. The molecule has 1 aromatic rings. The van der Waals surface area contributed by atoms with Gasteiger partial charge in [-0.15, -0.1) is 12.4 Å². The molecular formula is C9H11ClF3N3O3. The van der Waals surface area contributed by atoms with Crippen LogP contribution in [0.25, 0.3) is 0 Å². The van der Waals surface area contributed by atoms with Gasteiger partial charge in [0.15, 0.2) is 0 Å². The first-order chi connectivity index (χ1) is 8.41. The van der Waals surface area contributed by atoms with Gasteiger partial charge < -0.3 is 9.94 Å². The fraction of sp³-hybridized carbons (Fsp3) is 0.444. The second kappa shape index (κ2) is 7.87. The fourth-order valence-corrected chi connectivity index (χ4v) is 1.12. The topological polar surface area (TPSA) is 84.3 Å². The number of aromatic nitrogens is 2. The van der Waals surface area contributed by atoms with Gasteiger partial charge in [0.05, 0.1) is 12.6 Å². The maximum absolute atomic E-state index is 10.6. The van der Waals surface area contributed by atoms with E-state index in [1.165, 1.54) is 6.33 Å². The third-order valence-corrected chi connectivity index (χ3v) is 1.96. The van der Waals surface area contributed by atoms with E-state index >= 15 is 0 Å². The predicted molar refractivity (Wildman–Crippen MR) is 59.4 cm³/mol. The van der Waals surface area contributed by atoms with Gasteiger partial charge in [0, 0.05) is 18.0 Å². The summed E-state index contributed by atoms with van der Waals surface area (Å²) in [6, 6.07) is 0.274. The zero-order valence-corrected chi connectivity index (χ0v) is 10.2. The highest BCUT2D eigenvalue weighted by Gasteiger charge is 2.38. The Morgan fingerprint density at radius 3 is 2.32 bits per heavy atom. The van der Waals surface area contributed by atoms with Crippen LogP contribution in [0, 0.1) is 0 Å². The molecule has 1 fully saturated rings. The van der Waals surface area contributed by atoms with E-state index in [4.69, 9.17) is 14.7 Å².